The highest BCUT2D eigenvalue weighted by molar-refractivity contribution is 5.52. The molecule has 0 spiro atoms. The largest absolute Gasteiger partial charge is 0.202 e. The van der Waals surface area contributed by atoms with Crippen LogP contribution in [0.1, 0.15) is 33.4 Å². The zero-order chi connectivity index (χ0) is 28.3. The number of rotatable bonds is 0. The normalized spacial score (nSPS) is 10.1. The van der Waals surface area contributed by atoms with E-state index >= 15 is 0 Å². The Morgan fingerprint density at radius 3 is 0.872 bits per heavy atom. The van der Waals surface area contributed by atoms with Crippen molar-refractivity contribution in [1.29, 1.82) is 0 Å². The smallest absolute Gasteiger partial charge is 0.200 e. The molecule has 0 aliphatic carbocycles. The maximum absolute atomic E-state index is 14.5. The molecule has 0 heterocycles. The molecule has 4 rings (SSSR count). The van der Waals surface area contributed by atoms with Crippen molar-refractivity contribution in [1.82, 2.24) is 0 Å². The Kier molecular flexibility index (Phi) is 7.70. The van der Waals surface area contributed by atoms with E-state index in [0.717, 1.165) is 0 Å². The lowest BCUT2D eigenvalue weighted by Gasteiger charge is -2.04. The zero-order valence-corrected chi connectivity index (χ0v) is 19.1. The van der Waals surface area contributed by atoms with Gasteiger partial charge in [0.15, 0.2) is 46.5 Å². The fourth-order valence-corrected chi connectivity index (χ4v) is 3.13. The van der Waals surface area contributed by atoms with Crippen LogP contribution >= 0.6 is 0 Å². The van der Waals surface area contributed by atoms with Crippen LogP contribution in [0.2, 0.25) is 0 Å². The second-order valence-corrected chi connectivity index (χ2v) is 7.64. The van der Waals surface area contributed by atoms with Crippen LogP contribution in [0, 0.1) is 87.9 Å². The van der Waals surface area contributed by atoms with Gasteiger partial charge in [-0.1, -0.05) is 53.7 Å². The van der Waals surface area contributed by atoms with Crippen LogP contribution in [0.4, 0.5) is 39.5 Å². The zero-order valence-electron chi connectivity index (χ0n) is 19.1. The molecular weight excluding hydrogens is 531 g/mol. The molecule has 0 atom stereocenters. The predicted octanol–water partition coefficient (Wildman–Crippen LogP) is 7.14. The third-order valence-corrected chi connectivity index (χ3v) is 5.13. The van der Waals surface area contributed by atoms with Crippen molar-refractivity contribution in [2.75, 3.05) is 0 Å². The van der Waals surface area contributed by atoms with Crippen molar-refractivity contribution >= 4 is 0 Å². The number of hydrogen-bond donors (Lipinski definition) is 0. The van der Waals surface area contributed by atoms with Crippen molar-refractivity contribution in [3.8, 4) is 35.5 Å². The van der Waals surface area contributed by atoms with Crippen LogP contribution in [0.3, 0.4) is 0 Å². The Morgan fingerprint density at radius 2 is 0.538 bits per heavy atom. The minimum absolute atomic E-state index is 0.0558. The highest BCUT2D eigenvalue weighted by Crippen LogP contribution is 2.24. The van der Waals surface area contributed by atoms with Crippen molar-refractivity contribution in [3.63, 3.8) is 0 Å². The maximum Gasteiger partial charge on any atom is 0.200 e. The van der Waals surface area contributed by atoms with Crippen molar-refractivity contribution in [2.24, 2.45) is 0 Å². The van der Waals surface area contributed by atoms with E-state index in [1.54, 1.807) is 18.2 Å². The van der Waals surface area contributed by atoms with Crippen molar-refractivity contribution in [2.45, 2.75) is 0 Å². The Hall–Kier alpha value is -5.07. The summed E-state index contributed by atoms with van der Waals surface area (Å²) in [4.78, 5) is 0. The molecule has 0 saturated heterocycles. The fraction of sp³-hybridized carbons (Fsp3) is 0. The Balaban J connectivity index is 1.62. The molecule has 0 bridgehead atoms. The van der Waals surface area contributed by atoms with Crippen LogP contribution in [0.15, 0.2) is 54.6 Å². The first kappa shape index (κ1) is 27.0. The van der Waals surface area contributed by atoms with E-state index in [1.807, 2.05) is 11.8 Å². The third kappa shape index (κ3) is 5.46. The lowest BCUT2D eigenvalue weighted by molar-refractivity contribution is 0.376. The van der Waals surface area contributed by atoms with Gasteiger partial charge in [-0.3, -0.25) is 0 Å². The van der Waals surface area contributed by atoms with E-state index in [9.17, 15) is 39.5 Å². The topological polar surface area (TPSA) is 0 Å². The molecule has 192 valence electrons. The molecule has 0 N–H and O–H groups in total. The maximum atomic E-state index is 14.5. The Morgan fingerprint density at radius 1 is 0.282 bits per heavy atom. The van der Waals surface area contributed by atoms with E-state index < -0.39 is 69.0 Å². The van der Waals surface area contributed by atoms with E-state index in [2.05, 4.69) is 23.7 Å². The van der Waals surface area contributed by atoms with E-state index in [-0.39, 0.29) is 11.1 Å². The summed E-state index contributed by atoms with van der Waals surface area (Å²) in [6.45, 7) is 0. The van der Waals surface area contributed by atoms with Gasteiger partial charge in [0.1, 0.15) is 16.7 Å². The second kappa shape index (κ2) is 11.1. The van der Waals surface area contributed by atoms with E-state index in [4.69, 9.17) is 0 Å². The molecule has 9 heteroatoms. The standard InChI is InChI=1S/C30H9F9/c31-22-19(13-10-16-4-2-1-3-5-16)23(32)25(34)20(24(22)33)14-11-17-6-8-18(9-7-17)12-15-21-26(35)28(37)30(39)29(38)27(21)36/h1-9H. The van der Waals surface area contributed by atoms with Gasteiger partial charge in [-0.2, -0.15) is 0 Å². The molecule has 0 saturated carbocycles. The average Bonchev–Trinajstić information content (AvgIpc) is 2.95. The lowest BCUT2D eigenvalue weighted by atomic mass is 10.1. The first-order chi connectivity index (χ1) is 18.6. The van der Waals surface area contributed by atoms with E-state index in [0.29, 0.717) is 5.56 Å². The van der Waals surface area contributed by atoms with Gasteiger partial charge in [-0.05, 0) is 36.4 Å². The molecule has 0 aliphatic heterocycles. The SMILES string of the molecule is Fc1c(F)c(F)c(C#Cc2ccc(C#Cc3c(F)c(F)c(C#Cc4ccccc4)c(F)c3F)cc2)c(F)c1F. The summed E-state index contributed by atoms with van der Waals surface area (Å²) in [5, 5.41) is 0. The van der Waals surface area contributed by atoms with Gasteiger partial charge >= 0.3 is 0 Å². The summed E-state index contributed by atoms with van der Waals surface area (Å²) >= 11 is 0. The highest BCUT2D eigenvalue weighted by Gasteiger charge is 2.25. The third-order valence-electron chi connectivity index (χ3n) is 5.13. The van der Waals surface area contributed by atoms with Crippen LogP contribution in [-0.4, -0.2) is 0 Å². The van der Waals surface area contributed by atoms with Gasteiger partial charge in [0.25, 0.3) is 0 Å². The van der Waals surface area contributed by atoms with Gasteiger partial charge in [-0.15, -0.1) is 0 Å². The Bertz CT molecular complexity index is 1730. The van der Waals surface area contributed by atoms with Gasteiger partial charge in [-0.25, -0.2) is 39.5 Å². The van der Waals surface area contributed by atoms with Crippen molar-refractivity contribution in [3.05, 3.63) is 140 Å². The molecule has 4 aromatic rings. The van der Waals surface area contributed by atoms with Crippen molar-refractivity contribution < 1.29 is 39.5 Å². The van der Waals surface area contributed by atoms with Crippen LogP contribution in [0.25, 0.3) is 0 Å². The minimum Gasteiger partial charge on any atom is -0.202 e. The molecule has 0 aliphatic rings. The Labute approximate surface area is 215 Å². The second-order valence-electron chi connectivity index (χ2n) is 7.64. The van der Waals surface area contributed by atoms with E-state index in [1.165, 1.54) is 36.4 Å². The highest BCUT2D eigenvalue weighted by atomic mass is 19.2. The van der Waals surface area contributed by atoms with Gasteiger partial charge in [0.2, 0.25) is 5.82 Å². The summed E-state index contributed by atoms with van der Waals surface area (Å²) in [6, 6.07) is 12.9. The quantitative estimate of drug-likeness (QED) is 0.0963. The molecule has 0 nitrogen and oxygen atoms in total. The molecule has 0 fully saturated rings. The fourth-order valence-electron chi connectivity index (χ4n) is 3.13. The first-order valence-electron chi connectivity index (χ1n) is 10.7. The molecule has 0 amide bonds. The van der Waals surface area contributed by atoms with Gasteiger partial charge in [0, 0.05) is 16.7 Å². The molecular formula is C30H9F9. The van der Waals surface area contributed by atoms with Gasteiger partial charge in [0.05, 0.1) is 0 Å². The monoisotopic (exact) mass is 540 g/mol. The number of halogens is 9. The lowest BCUT2D eigenvalue weighted by Crippen LogP contribution is -2.04. The molecule has 39 heavy (non-hydrogen) atoms. The summed E-state index contributed by atoms with van der Waals surface area (Å²) in [7, 11) is 0. The summed E-state index contributed by atoms with van der Waals surface area (Å²) in [6.07, 6.45) is 0. The predicted molar refractivity (Wildman–Crippen MR) is 123 cm³/mol. The van der Waals surface area contributed by atoms with Crippen LogP contribution in [-0.2, 0) is 0 Å². The number of benzene rings is 4. The summed E-state index contributed by atoms with van der Waals surface area (Å²) < 4.78 is 125. The molecule has 4 aromatic carbocycles. The van der Waals surface area contributed by atoms with Crippen LogP contribution in [0.5, 0.6) is 0 Å². The van der Waals surface area contributed by atoms with Crippen LogP contribution < -0.4 is 0 Å². The first-order valence-corrected chi connectivity index (χ1v) is 10.7. The molecule has 0 aromatic heterocycles. The average molecular weight is 540 g/mol. The summed E-state index contributed by atoms with van der Waals surface area (Å²) in [5.41, 5.74) is -3.10. The summed E-state index contributed by atoms with van der Waals surface area (Å²) in [5.74, 6) is -4.86. The number of hydrogen-bond acceptors (Lipinski definition) is 0. The molecule has 0 radical (unpaired) electrons. The minimum atomic E-state index is -2.32. The van der Waals surface area contributed by atoms with Gasteiger partial charge < -0.3 is 0 Å². The molecule has 0 unspecified atom stereocenters.